The van der Waals surface area contributed by atoms with E-state index in [9.17, 15) is 10.2 Å². The summed E-state index contributed by atoms with van der Waals surface area (Å²) in [5, 5.41) is 20.0. The number of rotatable bonds is 8. The minimum atomic E-state index is -0.327. The van der Waals surface area contributed by atoms with E-state index in [1.54, 1.807) is 0 Å². The molecule has 4 nitrogen and oxygen atoms in total. The highest BCUT2D eigenvalue weighted by molar-refractivity contribution is 5.14. The van der Waals surface area contributed by atoms with Crippen LogP contribution in [0.3, 0.4) is 0 Å². The van der Waals surface area contributed by atoms with Crippen LogP contribution in [0, 0.1) is 5.41 Å². The summed E-state index contributed by atoms with van der Waals surface area (Å²) in [5.41, 5.74) is 1.39. The van der Waals surface area contributed by atoms with E-state index in [4.69, 9.17) is 0 Å². The van der Waals surface area contributed by atoms with E-state index in [1.807, 2.05) is 6.07 Å². The van der Waals surface area contributed by atoms with Crippen LogP contribution < -0.4 is 0 Å². The number of piperidine rings is 1. The van der Waals surface area contributed by atoms with Gasteiger partial charge in [-0.15, -0.1) is 0 Å². The quantitative estimate of drug-likeness (QED) is 0.769. The molecule has 1 saturated heterocycles. The van der Waals surface area contributed by atoms with E-state index in [2.05, 4.69) is 48.0 Å². The molecule has 0 bridgehead atoms. The molecule has 0 saturated carbocycles. The number of likely N-dealkylation sites (tertiary alicyclic amines) is 1. The molecule has 0 amide bonds. The fourth-order valence-electron chi connectivity index (χ4n) is 3.51. The van der Waals surface area contributed by atoms with E-state index < -0.39 is 0 Å². The van der Waals surface area contributed by atoms with Crippen LogP contribution in [-0.2, 0) is 6.54 Å². The number of hydrogen-bond acceptors (Lipinski definition) is 4. The minimum absolute atomic E-state index is 0.117. The highest BCUT2D eigenvalue weighted by Crippen LogP contribution is 2.34. The van der Waals surface area contributed by atoms with Crippen LogP contribution in [0.1, 0.15) is 31.7 Å². The lowest BCUT2D eigenvalue weighted by atomic mass is 9.77. The topological polar surface area (TPSA) is 46.9 Å². The summed E-state index contributed by atoms with van der Waals surface area (Å²) in [6, 6.07) is 10.4. The monoisotopic (exact) mass is 320 g/mol. The minimum Gasteiger partial charge on any atom is -0.396 e. The molecule has 2 N–H and O–H groups in total. The van der Waals surface area contributed by atoms with Gasteiger partial charge in [0, 0.05) is 26.2 Å². The lowest BCUT2D eigenvalue weighted by molar-refractivity contribution is 0.0156. The van der Waals surface area contributed by atoms with Crippen LogP contribution in [0.5, 0.6) is 0 Å². The first kappa shape index (κ1) is 18.4. The van der Waals surface area contributed by atoms with E-state index in [1.165, 1.54) is 5.56 Å². The first-order valence-electron chi connectivity index (χ1n) is 8.80. The van der Waals surface area contributed by atoms with Gasteiger partial charge in [0.15, 0.2) is 0 Å². The fourth-order valence-corrected chi connectivity index (χ4v) is 3.51. The smallest absolute Gasteiger partial charge is 0.0793 e. The third-order valence-corrected chi connectivity index (χ3v) is 5.29. The number of likely N-dealkylation sites (N-methyl/N-ethyl adjacent to an activating group) is 1. The molecule has 130 valence electrons. The molecule has 1 atom stereocenters. The van der Waals surface area contributed by atoms with Gasteiger partial charge in [-0.25, -0.2) is 0 Å². The average Bonchev–Trinajstić information content (AvgIpc) is 2.56. The number of aliphatic hydroxyl groups excluding tert-OH is 2. The Morgan fingerprint density at radius 2 is 1.87 bits per heavy atom. The molecule has 1 unspecified atom stereocenters. The molecule has 4 heteroatoms. The van der Waals surface area contributed by atoms with Crippen LogP contribution in [0.2, 0.25) is 0 Å². The number of hydrogen-bond donors (Lipinski definition) is 2. The lowest BCUT2D eigenvalue weighted by Crippen LogP contribution is -2.46. The van der Waals surface area contributed by atoms with Crippen LogP contribution in [0.15, 0.2) is 30.3 Å². The SMILES string of the molecule is CCC1(CO)CCN(CC(O)CN(C)Cc2ccccc2)CC1. The molecular weight excluding hydrogens is 288 g/mol. The van der Waals surface area contributed by atoms with Crippen molar-refractivity contribution in [3.05, 3.63) is 35.9 Å². The largest absolute Gasteiger partial charge is 0.396 e. The van der Waals surface area contributed by atoms with Crippen LogP contribution >= 0.6 is 0 Å². The first-order chi connectivity index (χ1) is 11.1. The van der Waals surface area contributed by atoms with Gasteiger partial charge in [-0.2, -0.15) is 0 Å². The van der Waals surface area contributed by atoms with Gasteiger partial charge in [-0.1, -0.05) is 37.3 Å². The fraction of sp³-hybridized carbons (Fsp3) is 0.684. The van der Waals surface area contributed by atoms with Crippen molar-refractivity contribution in [3.63, 3.8) is 0 Å². The van der Waals surface area contributed by atoms with E-state index in [-0.39, 0.29) is 11.5 Å². The second-order valence-electron chi connectivity index (χ2n) is 7.15. The van der Waals surface area contributed by atoms with Crippen LogP contribution in [0.25, 0.3) is 0 Å². The molecule has 1 aliphatic rings. The maximum absolute atomic E-state index is 10.4. The average molecular weight is 320 g/mol. The van der Waals surface area contributed by atoms with Crippen molar-refractivity contribution in [3.8, 4) is 0 Å². The standard InChI is InChI=1S/C19H32N2O2/c1-3-19(16-22)9-11-21(12-10-19)15-18(23)14-20(2)13-17-7-5-4-6-8-17/h4-8,18,22-23H,3,9-16H2,1-2H3. The summed E-state index contributed by atoms with van der Waals surface area (Å²) in [7, 11) is 2.06. The van der Waals surface area contributed by atoms with Gasteiger partial charge in [0.1, 0.15) is 0 Å². The van der Waals surface area contributed by atoms with Gasteiger partial charge in [0.2, 0.25) is 0 Å². The Kier molecular flexibility index (Phi) is 7.03. The van der Waals surface area contributed by atoms with E-state index in [0.29, 0.717) is 13.2 Å². The summed E-state index contributed by atoms with van der Waals surface area (Å²) >= 11 is 0. The predicted octanol–water partition coefficient (Wildman–Crippen LogP) is 1.96. The van der Waals surface area contributed by atoms with Crippen molar-refractivity contribution in [1.29, 1.82) is 0 Å². The Morgan fingerprint density at radius 3 is 2.43 bits per heavy atom. The molecule has 1 fully saturated rings. The zero-order valence-electron chi connectivity index (χ0n) is 14.6. The second kappa shape index (κ2) is 8.78. The highest BCUT2D eigenvalue weighted by atomic mass is 16.3. The van der Waals surface area contributed by atoms with Gasteiger partial charge >= 0.3 is 0 Å². The summed E-state index contributed by atoms with van der Waals surface area (Å²) < 4.78 is 0. The maximum Gasteiger partial charge on any atom is 0.0793 e. The van der Waals surface area contributed by atoms with Gasteiger partial charge < -0.3 is 15.1 Å². The number of benzene rings is 1. The zero-order chi connectivity index (χ0) is 16.7. The Bertz CT molecular complexity index is 438. The summed E-state index contributed by atoms with van der Waals surface area (Å²) in [6.45, 7) is 6.69. The van der Waals surface area contributed by atoms with Gasteiger partial charge in [-0.05, 0) is 50.4 Å². The molecule has 0 spiro atoms. The van der Waals surface area contributed by atoms with Crippen molar-refractivity contribution in [2.45, 2.75) is 38.8 Å². The van der Waals surface area contributed by atoms with Crippen molar-refractivity contribution in [2.75, 3.05) is 39.8 Å². The van der Waals surface area contributed by atoms with Gasteiger partial charge in [0.05, 0.1) is 6.10 Å². The molecule has 1 heterocycles. The Hall–Kier alpha value is -0.940. The highest BCUT2D eigenvalue weighted by Gasteiger charge is 2.32. The van der Waals surface area contributed by atoms with E-state index in [0.717, 1.165) is 45.4 Å². The summed E-state index contributed by atoms with van der Waals surface area (Å²) in [5.74, 6) is 0. The first-order valence-corrected chi connectivity index (χ1v) is 8.80. The van der Waals surface area contributed by atoms with Crippen molar-refractivity contribution >= 4 is 0 Å². The molecule has 2 rings (SSSR count). The van der Waals surface area contributed by atoms with Gasteiger partial charge in [0.25, 0.3) is 0 Å². The van der Waals surface area contributed by atoms with Crippen LogP contribution in [-0.4, -0.2) is 66.0 Å². The maximum atomic E-state index is 10.4. The molecule has 0 aliphatic carbocycles. The Labute approximate surface area is 140 Å². The number of β-amino-alcohol motifs (C(OH)–C–C–N with tert-alkyl or cyclic N) is 1. The molecule has 1 aromatic carbocycles. The third kappa shape index (κ3) is 5.57. The third-order valence-electron chi connectivity index (χ3n) is 5.29. The van der Waals surface area contributed by atoms with Crippen molar-refractivity contribution in [2.24, 2.45) is 5.41 Å². The molecular formula is C19H32N2O2. The summed E-state index contributed by atoms with van der Waals surface area (Å²) in [6.07, 6.45) is 2.78. The molecule has 1 aliphatic heterocycles. The van der Waals surface area contributed by atoms with E-state index >= 15 is 0 Å². The molecule has 0 radical (unpaired) electrons. The van der Waals surface area contributed by atoms with Crippen molar-refractivity contribution < 1.29 is 10.2 Å². The zero-order valence-corrected chi connectivity index (χ0v) is 14.6. The van der Waals surface area contributed by atoms with Crippen molar-refractivity contribution in [1.82, 2.24) is 9.80 Å². The second-order valence-corrected chi connectivity index (χ2v) is 7.15. The Morgan fingerprint density at radius 1 is 1.22 bits per heavy atom. The van der Waals surface area contributed by atoms with Gasteiger partial charge in [-0.3, -0.25) is 4.90 Å². The molecule has 0 aromatic heterocycles. The lowest BCUT2D eigenvalue weighted by Gasteiger charge is -2.41. The predicted molar refractivity (Wildman–Crippen MR) is 94.3 cm³/mol. The number of nitrogens with zero attached hydrogens (tertiary/aromatic N) is 2. The Balaban J connectivity index is 1.72. The summed E-state index contributed by atoms with van der Waals surface area (Å²) in [4.78, 5) is 4.51. The van der Waals surface area contributed by atoms with Crippen LogP contribution in [0.4, 0.5) is 0 Å². The number of aliphatic hydroxyl groups is 2. The normalized spacial score (nSPS) is 19.9. The molecule has 1 aromatic rings. The molecule has 23 heavy (non-hydrogen) atoms.